The third-order valence-corrected chi connectivity index (χ3v) is 5.43. The molecule has 35 heavy (non-hydrogen) atoms. The van der Waals surface area contributed by atoms with Crippen molar-refractivity contribution in [3.8, 4) is 11.3 Å². The minimum absolute atomic E-state index is 0.146. The predicted molar refractivity (Wildman–Crippen MR) is 129 cm³/mol. The van der Waals surface area contributed by atoms with E-state index in [1.165, 1.54) is 0 Å². The van der Waals surface area contributed by atoms with E-state index < -0.39 is 23.6 Å². The molecule has 2 aromatic heterocycles. The van der Waals surface area contributed by atoms with Crippen molar-refractivity contribution in [1.29, 1.82) is 0 Å². The Labute approximate surface area is 202 Å². The van der Waals surface area contributed by atoms with Crippen LogP contribution in [0.5, 0.6) is 0 Å². The Balaban J connectivity index is 1.55. The number of aromatic nitrogens is 2. The van der Waals surface area contributed by atoms with Crippen LogP contribution in [0.3, 0.4) is 0 Å². The van der Waals surface area contributed by atoms with Crippen molar-refractivity contribution in [2.45, 2.75) is 25.9 Å². The molecule has 0 radical (unpaired) electrons. The average Bonchev–Trinajstić information content (AvgIpc) is 3.29. The molecule has 0 fully saturated rings. The van der Waals surface area contributed by atoms with E-state index >= 15 is 0 Å². The first-order valence-electron chi connectivity index (χ1n) is 11.1. The van der Waals surface area contributed by atoms with Crippen molar-refractivity contribution in [1.82, 2.24) is 20.8 Å². The molecule has 4 rings (SSSR count). The molecule has 0 bridgehead atoms. The van der Waals surface area contributed by atoms with Crippen LogP contribution in [0.25, 0.3) is 11.3 Å². The van der Waals surface area contributed by atoms with Gasteiger partial charge in [-0.15, -0.1) is 0 Å². The monoisotopic (exact) mass is 468 g/mol. The first kappa shape index (κ1) is 23.6. The molecule has 0 aliphatic heterocycles. The summed E-state index contributed by atoms with van der Waals surface area (Å²) in [4.78, 5) is 43.2. The Morgan fingerprint density at radius 2 is 1.60 bits per heavy atom. The third-order valence-electron chi connectivity index (χ3n) is 5.43. The number of nitrogens with one attached hydrogen (secondary N) is 2. The van der Waals surface area contributed by atoms with E-state index in [9.17, 15) is 14.4 Å². The van der Waals surface area contributed by atoms with Gasteiger partial charge in [-0.2, -0.15) is 0 Å². The Morgan fingerprint density at radius 3 is 2.29 bits per heavy atom. The zero-order valence-corrected chi connectivity index (χ0v) is 19.1. The van der Waals surface area contributed by atoms with Gasteiger partial charge in [-0.3, -0.25) is 19.4 Å². The number of amides is 2. The highest BCUT2D eigenvalue weighted by Crippen LogP contribution is 2.26. The quantitative estimate of drug-likeness (QED) is 0.365. The highest BCUT2D eigenvalue weighted by Gasteiger charge is 2.30. The van der Waals surface area contributed by atoms with Gasteiger partial charge in [0.2, 0.25) is 5.78 Å². The maximum Gasteiger partial charge on any atom is 0.289 e. The summed E-state index contributed by atoms with van der Waals surface area (Å²) in [5.74, 6) is -1.79. The molecule has 1 unspecified atom stereocenters. The SMILES string of the molecule is Cc1noc(-c2ccccc2)c1C(=O)NC(Cc1ccccc1)C(=O)C(=O)NCc1cccnc1. The second kappa shape index (κ2) is 11.0. The Kier molecular flexibility index (Phi) is 7.42. The van der Waals surface area contributed by atoms with E-state index in [2.05, 4.69) is 20.8 Å². The van der Waals surface area contributed by atoms with E-state index in [0.717, 1.165) is 11.1 Å². The normalized spacial score (nSPS) is 11.5. The highest BCUT2D eigenvalue weighted by molar-refractivity contribution is 6.38. The zero-order chi connectivity index (χ0) is 24.6. The van der Waals surface area contributed by atoms with Gasteiger partial charge in [0, 0.05) is 30.9 Å². The van der Waals surface area contributed by atoms with E-state index in [4.69, 9.17) is 4.52 Å². The number of ketones is 1. The number of Topliss-reactive ketones (excluding diaryl/α,β-unsaturated/α-hetero) is 1. The van der Waals surface area contributed by atoms with Gasteiger partial charge in [0.25, 0.3) is 11.8 Å². The molecule has 2 aromatic carbocycles. The smallest absolute Gasteiger partial charge is 0.289 e. The molecule has 0 spiro atoms. The number of benzene rings is 2. The fourth-order valence-corrected chi connectivity index (χ4v) is 3.64. The molecule has 2 N–H and O–H groups in total. The van der Waals surface area contributed by atoms with Crippen molar-refractivity contribution < 1.29 is 18.9 Å². The lowest BCUT2D eigenvalue weighted by Crippen LogP contribution is -2.48. The standard InChI is InChI=1S/C27H24N4O4/c1-18-23(25(35-31-18)21-12-6-3-7-13-21)26(33)30-22(15-19-9-4-2-5-10-19)24(32)27(34)29-17-20-11-8-14-28-16-20/h2-14,16,22H,15,17H2,1H3,(H,29,34)(H,30,33). The fraction of sp³-hybridized carbons (Fsp3) is 0.148. The van der Waals surface area contributed by atoms with Crippen LogP contribution < -0.4 is 10.6 Å². The first-order chi connectivity index (χ1) is 17.0. The number of pyridine rings is 1. The molecule has 4 aromatic rings. The summed E-state index contributed by atoms with van der Waals surface area (Å²) in [6, 6.07) is 20.7. The van der Waals surface area contributed by atoms with Crippen molar-refractivity contribution in [2.75, 3.05) is 0 Å². The zero-order valence-electron chi connectivity index (χ0n) is 19.1. The van der Waals surface area contributed by atoms with Crippen LogP contribution in [0.15, 0.2) is 89.7 Å². The van der Waals surface area contributed by atoms with E-state index in [-0.39, 0.29) is 18.5 Å². The second-order valence-electron chi connectivity index (χ2n) is 7.96. The van der Waals surface area contributed by atoms with Crippen LogP contribution in [0.2, 0.25) is 0 Å². The summed E-state index contributed by atoms with van der Waals surface area (Å²) in [6.07, 6.45) is 3.38. The molecule has 0 aliphatic carbocycles. The molecule has 8 nitrogen and oxygen atoms in total. The number of aryl methyl sites for hydroxylation is 1. The van der Waals surface area contributed by atoms with Crippen molar-refractivity contribution >= 4 is 17.6 Å². The molecule has 8 heteroatoms. The topological polar surface area (TPSA) is 114 Å². The van der Waals surface area contributed by atoms with Crippen LogP contribution in [0, 0.1) is 6.92 Å². The highest BCUT2D eigenvalue weighted by atomic mass is 16.5. The van der Waals surface area contributed by atoms with Gasteiger partial charge < -0.3 is 15.2 Å². The predicted octanol–water partition coefficient (Wildman–Crippen LogP) is 3.27. The molecule has 0 saturated heterocycles. The molecule has 2 heterocycles. The molecule has 176 valence electrons. The van der Waals surface area contributed by atoms with Crippen LogP contribution in [-0.4, -0.2) is 33.8 Å². The van der Waals surface area contributed by atoms with Crippen molar-refractivity contribution in [2.24, 2.45) is 0 Å². The van der Waals surface area contributed by atoms with Crippen molar-refractivity contribution in [3.63, 3.8) is 0 Å². The van der Waals surface area contributed by atoms with Gasteiger partial charge in [-0.1, -0.05) is 71.9 Å². The summed E-state index contributed by atoms with van der Waals surface area (Å²) < 4.78 is 5.42. The maximum absolute atomic E-state index is 13.3. The van der Waals surface area contributed by atoms with Gasteiger partial charge in [-0.05, 0) is 24.1 Å². The summed E-state index contributed by atoms with van der Waals surface area (Å²) in [7, 11) is 0. The summed E-state index contributed by atoms with van der Waals surface area (Å²) in [5.41, 5.74) is 2.84. The van der Waals surface area contributed by atoms with Crippen LogP contribution in [-0.2, 0) is 22.6 Å². The van der Waals surface area contributed by atoms with Gasteiger partial charge in [0.1, 0.15) is 11.6 Å². The Hall–Kier alpha value is -4.59. The van der Waals surface area contributed by atoms with Crippen LogP contribution >= 0.6 is 0 Å². The number of carbonyl (C=O) groups excluding carboxylic acids is 3. The maximum atomic E-state index is 13.3. The molecule has 1 atom stereocenters. The number of hydrogen-bond acceptors (Lipinski definition) is 6. The van der Waals surface area contributed by atoms with Gasteiger partial charge >= 0.3 is 0 Å². The second-order valence-corrected chi connectivity index (χ2v) is 7.96. The Bertz CT molecular complexity index is 1310. The lowest BCUT2D eigenvalue weighted by molar-refractivity contribution is -0.139. The largest absolute Gasteiger partial charge is 0.355 e. The lowest BCUT2D eigenvalue weighted by Gasteiger charge is -2.18. The number of rotatable bonds is 9. The summed E-state index contributed by atoms with van der Waals surface area (Å²) in [5, 5.41) is 9.29. The molecular formula is C27H24N4O4. The lowest BCUT2D eigenvalue weighted by atomic mass is 10.0. The van der Waals surface area contributed by atoms with Crippen LogP contribution in [0.4, 0.5) is 0 Å². The van der Waals surface area contributed by atoms with E-state index in [1.807, 2.05) is 48.5 Å². The average molecular weight is 469 g/mol. The van der Waals surface area contributed by atoms with Gasteiger partial charge in [0.05, 0.1) is 5.69 Å². The number of nitrogens with zero attached hydrogens (tertiary/aromatic N) is 2. The molecular weight excluding hydrogens is 444 g/mol. The fourth-order valence-electron chi connectivity index (χ4n) is 3.64. The van der Waals surface area contributed by atoms with Crippen molar-refractivity contribution in [3.05, 3.63) is 108 Å². The summed E-state index contributed by atoms with van der Waals surface area (Å²) in [6.45, 7) is 1.80. The third kappa shape index (κ3) is 5.86. The van der Waals surface area contributed by atoms with Crippen LogP contribution in [0.1, 0.15) is 27.2 Å². The summed E-state index contributed by atoms with van der Waals surface area (Å²) >= 11 is 0. The first-order valence-corrected chi connectivity index (χ1v) is 11.1. The van der Waals surface area contributed by atoms with Gasteiger partial charge in [-0.25, -0.2) is 0 Å². The molecule has 2 amide bonds. The van der Waals surface area contributed by atoms with E-state index in [0.29, 0.717) is 17.0 Å². The number of carbonyl (C=O) groups is 3. The Morgan fingerprint density at radius 1 is 0.914 bits per heavy atom. The minimum atomic E-state index is -1.09. The van der Waals surface area contributed by atoms with E-state index in [1.54, 1.807) is 43.6 Å². The minimum Gasteiger partial charge on any atom is -0.355 e. The number of hydrogen-bond donors (Lipinski definition) is 2. The van der Waals surface area contributed by atoms with Gasteiger partial charge in [0.15, 0.2) is 5.76 Å². The molecule has 0 saturated carbocycles. The molecule has 0 aliphatic rings.